The molecule has 2 saturated carbocycles. The Morgan fingerprint density at radius 2 is 1.95 bits per heavy atom. The summed E-state index contributed by atoms with van der Waals surface area (Å²) in [6, 6.07) is 3.57. The van der Waals surface area contributed by atoms with Crippen molar-refractivity contribution in [1.29, 1.82) is 0 Å². The van der Waals surface area contributed by atoms with Crippen LogP contribution in [0.25, 0.3) is 0 Å². The molecule has 0 aromatic heterocycles. The molecule has 0 radical (unpaired) electrons. The molecule has 19 heavy (non-hydrogen) atoms. The SMILES string of the molecule is O=[N+]([O-])c1ccc(F)cc1NCC(C1CC1)C1CC1. The maximum atomic E-state index is 13.2. The predicted molar refractivity (Wildman–Crippen MR) is 70.5 cm³/mol. The van der Waals surface area contributed by atoms with E-state index in [1.54, 1.807) is 0 Å². The molecule has 3 rings (SSSR count). The Bertz CT molecular complexity index is 486. The first-order chi connectivity index (χ1) is 9.15. The minimum Gasteiger partial charge on any atom is -0.379 e. The van der Waals surface area contributed by atoms with Crippen LogP contribution in [0.1, 0.15) is 25.7 Å². The standard InChI is InChI=1S/C14H17FN2O2/c15-11-5-6-14(17(18)19)13(7-11)16-8-12(9-1-2-9)10-3-4-10/h5-7,9-10,12,16H,1-4,8H2. The van der Waals surface area contributed by atoms with Crippen molar-refractivity contribution >= 4 is 11.4 Å². The van der Waals surface area contributed by atoms with Crippen LogP contribution in [-0.4, -0.2) is 11.5 Å². The lowest BCUT2D eigenvalue weighted by Gasteiger charge is -2.17. The van der Waals surface area contributed by atoms with Gasteiger partial charge in [0.05, 0.1) is 4.92 Å². The van der Waals surface area contributed by atoms with Gasteiger partial charge >= 0.3 is 0 Å². The van der Waals surface area contributed by atoms with E-state index in [4.69, 9.17) is 0 Å². The van der Waals surface area contributed by atoms with Crippen molar-refractivity contribution in [3.05, 3.63) is 34.1 Å². The van der Waals surface area contributed by atoms with Crippen molar-refractivity contribution in [1.82, 2.24) is 0 Å². The highest BCUT2D eigenvalue weighted by molar-refractivity contribution is 5.61. The van der Waals surface area contributed by atoms with E-state index in [0.717, 1.165) is 24.4 Å². The van der Waals surface area contributed by atoms with Crippen LogP contribution in [0.2, 0.25) is 0 Å². The lowest BCUT2D eigenvalue weighted by Crippen LogP contribution is -2.18. The average molecular weight is 264 g/mol. The first-order valence-corrected chi connectivity index (χ1v) is 6.83. The number of nitro benzene ring substituents is 1. The second-order valence-corrected chi connectivity index (χ2v) is 5.64. The van der Waals surface area contributed by atoms with Crippen molar-refractivity contribution < 1.29 is 9.31 Å². The Hall–Kier alpha value is -1.65. The summed E-state index contributed by atoms with van der Waals surface area (Å²) in [5.74, 6) is 1.70. The van der Waals surface area contributed by atoms with Crippen molar-refractivity contribution in [2.24, 2.45) is 17.8 Å². The smallest absolute Gasteiger partial charge is 0.292 e. The fourth-order valence-corrected chi connectivity index (χ4v) is 2.80. The van der Waals surface area contributed by atoms with Crippen LogP contribution >= 0.6 is 0 Å². The molecule has 1 aromatic rings. The van der Waals surface area contributed by atoms with E-state index in [0.29, 0.717) is 11.6 Å². The number of hydrogen-bond acceptors (Lipinski definition) is 3. The van der Waals surface area contributed by atoms with E-state index in [1.807, 2.05) is 0 Å². The summed E-state index contributed by atoms with van der Waals surface area (Å²) in [4.78, 5) is 10.4. The molecule has 102 valence electrons. The molecule has 0 heterocycles. The van der Waals surface area contributed by atoms with E-state index >= 15 is 0 Å². The molecule has 0 unspecified atom stereocenters. The van der Waals surface area contributed by atoms with Gasteiger partial charge in [-0.3, -0.25) is 10.1 Å². The molecule has 5 heteroatoms. The summed E-state index contributed by atoms with van der Waals surface area (Å²) in [6.07, 6.45) is 5.09. The molecule has 0 bridgehead atoms. The van der Waals surface area contributed by atoms with Crippen LogP contribution in [0.5, 0.6) is 0 Å². The van der Waals surface area contributed by atoms with Gasteiger partial charge in [0.15, 0.2) is 0 Å². The van der Waals surface area contributed by atoms with Crippen LogP contribution in [-0.2, 0) is 0 Å². The summed E-state index contributed by atoms with van der Waals surface area (Å²) in [7, 11) is 0. The minimum atomic E-state index is -0.467. The van der Waals surface area contributed by atoms with E-state index in [-0.39, 0.29) is 5.69 Å². The summed E-state index contributed by atoms with van der Waals surface area (Å²) < 4.78 is 13.2. The first-order valence-electron chi connectivity index (χ1n) is 6.83. The molecule has 2 aliphatic rings. The van der Waals surface area contributed by atoms with Gasteiger partial charge in [-0.15, -0.1) is 0 Å². The molecule has 4 nitrogen and oxygen atoms in total. The van der Waals surface area contributed by atoms with Gasteiger partial charge in [0, 0.05) is 18.7 Å². The maximum absolute atomic E-state index is 13.2. The number of hydrogen-bond donors (Lipinski definition) is 1. The second kappa shape index (κ2) is 4.79. The van der Waals surface area contributed by atoms with Crippen LogP contribution in [0.4, 0.5) is 15.8 Å². The number of nitrogens with zero attached hydrogens (tertiary/aromatic N) is 1. The Morgan fingerprint density at radius 1 is 1.32 bits per heavy atom. The molecule has 1 N–H and O–H groups in total. The van der Waals surface area contributed by atoms with E-state index < -0.39 is 10.7 Å². The molecule has 2 fully saturated rings. The van der Waals surface area contributed by atoms with Gasteiger partial charge in [-0.2, -0.15) is 0 Å². The number of halogens is 1. The van der Waals surface area contributed by atoms with Crippen LogP contribution in [0.15, 0.2) is 18.2 Å². The van der Waals surface area contributed by atoms with E-state index in [1.165, 1.54) is 37.8 Å². The Balaban J connectivity index is 1.71. The normalized spacial score (nSPS) is 18.6. The van der Waals surface area contributed by atoms with Gasteiger partial charge in [0.1, 0.15) is 11.5 Å². The largest absolute Gasteiger partial charge is 0.379 e. The van der Waals surface area contributed by atoms with Crippen molar-refractivity contribution in [2.45, 2.75) is 25.7 Å². The minimum absolute atomic E-state index is 0.0493. The number of nitrogens with one attached hydrogen (secondary N) is 1. The topological polar surface area (TPSA) is 55.2 Å². The molecule has 0 saturated heterocycles. The molecule has 1 aromatic carbocycles. The fourth-order valence-electron chi connectivity index (χ4n) is 2.80. The highest BCUT2D eigenvalue weighted by atomic mass is 19.1. The van der Waals surface area contributed by atoms with Crippen LogP contribution in [0.3, 0.4) is 0 Å². The molecular formula is C14H17FN2O2. The van der Waals surface area contributed by atoms with Crippen molar-refractivity contribution in [3.63, 3.8) is 0 Å². The third-order valence-electron chi connectivity index (χ3n) is 4.14. The summed E-state index contributed by atoms with van der Waals surface area (Å²) in [5, 5.41) is 14.0. The van der Waals surface area contributed by atoms with Gasteiger partial charge in [-0.05, 0) is 49.5 Å². The van der Waals surface area contributed by atoms with Gasteiger partial charge in [-0.1, -0.05) is 0 Å². The summed E-state index contributed by atoms with van der Waals surface area (Å²) in [6.45, 7) is 0.722. The lowest BCUT2D eigenvalue weighted by atomic mass is 9.98. The average Bonchev–Trinajstić information content (AvgIpc) is 3.24. The van der Waals surface area contributed by atoms with Gasteiger partial charge in [-0.25, -0.2) is 4.39 Å². The summed E-state index contributed by atoms with van der Waals surface area (Å²) in [5.41, 5.74) is 0.253. The van der Waals surface area contributed by atoms with E-state index in [2.05, 4.69) is 5.32 Å². The number of anilines is 1. The highest BCUT2D eigenvalue weighted by Gasteiger charge is 2.41. The Labute approximate surface area is 111 Å². The monoisotopic (exact) mass is 264 g/mol. The zero-order valence-corrected chi connectivity index (χ0v) is 10.6. The Morgan fingerprint density at radius 3 is 2.47 bits per heavy atom. The number of benzene rings is 1. The zero-order valence-electron chi connectivity index (χ0n) is 10.6. The van der Waals surface area contributed by atoms with Crippen molar-refractivity contribution in [2.75, 3.05) is 11.9 Å². The predicted octanol–water partition coefficient (Wildman–Crippen LogP) is 3.58. The van der Waals surface area contributed by atoms with Gasteiger partial charge in [0.25, 0.3) is 5.69 Å². The molecule has 0 atom stereocenters. The maximum Gasteiger partial charge on any atom is 0.292 e. The summed E-state index contributed by atoms with van der Waals surface area (Å²) >= 11 is 0. The quantitative estimate of drug-likeness (QED) is 0.631. The third-order valence-corrected chi connectivity index (χ3v) is 4.14. The first kappa shape index (κ1) is 12.4. The molecule has 0 spiro atoms. The molecule has 0 aliphatic heterocycles. The Kier molecular flexibility index (Phi) is 3.12. The second-order valence-electron chi connectivity index (χ2n) is 5.64. The lowest BCUT2D eigenvalue weighted by molar-refractivity contribution is -0.384. The van der Waals surface area contributed by atoms with Gasteiger partial charge in [0.2, 0.25) is 0 Å². The number of nitro groups is 1. The zero-order chi connectivity index (χ0) is 13.4. The molecule has 0 amide bonds. The van der Waals surface area contributed by atoms with Crippen LogP contribution < -0.4 is 5.32 Å². The molecule has 2 aliphatic carbocycles. The van der Waals surface area contributed by atoms with Crippen LogP contribution in [0, 0.1) is 33.7 Å². The van der Waals surface area contributed by atoms with Crippen molar-refractivity contribution in [3.8, 4) is 0 Å². The highest BCUT2D eigenvalue weighted by Crippen LogP contribution is 2.49. The fraction of sp³-hybridized carbons (Fsp3) is 0.571. The van der Waals surface area contributed by atoms with Gasteiger partial charge < -0.3 is 5.32 Å². The van der Waals surface area contributed by atoms with E-state index in [9.17, 15) is 14.5 Å². The third kappa shape index (κ3) is 2.85. The molecular weight excluding hydrogens is 247 g/mol. The number of rotatable bonds is 6.